The molecule has 4 aromatic rings. The summed E-state index contributed by atoms with van der Waals surface area (Å²) in [6.45, 7) is 7.86. The van der Waals surface area contributed by atoms with Crippen LogP contribution in [0.4, 0.5) is 11.4 Å². The van der Waals surface area contributed by atoms with Gasteiger partial charge in [-0.2, -0.15) is 0 Å². The third kappa shape index (κ3) is 4.72. The van der Waals surface area contributed by atoms with Crippen LogP contribution < -0.4 is 15.5 Å². The second kappa shape index (κ2) is 10.1. The Morgan fingerprint density at radius 2 is 1.86 bits per heavy atom. The first-order chi connectivity index (χ1) is 17.8. The lowest BCUT2D eigenvalue weighted by Gasteiger charge is -2.29. The van der Waals surface area contributed by atoms with Crippen molar-refractivity contribution in [2.45, 2.75) is 39.8 Å². The molecule has 1 aromatic carbocycles. The van der Waals surface area contributed by atoms with E-state index in [2.05, 4.69) is 61.3 Å². The molecule has 7 nitrogen and oxygen atoms in total. The highest BCUT2D eigenvalue weighted by Gasteiger charge is 2.42. The van der Waals surface area contributed by atoms with Crippen molar-refractivity contribution in [1.82, 2.24) is 19.9 Å². The van der Waals surface area contributed by atoms with E-state index in [0.717, 1.165) is 39.7 Å². The van der Waals surface area contributed by atoms with Crippen LogP contribution in [0.3, 0.4) is 0 Å². The van der Waals surface area contributed by atoms with Gasteiger partial charge >= 0.3 is 0 Å². The van der Waals surface area contributed by atoms with Gasteiger partial charge in [-0.25, -0.2) is 0 Å². The lowest BCUT2D eigenvalue weighted by Crippen LogP contribution is -2.30. The molecule has 4 heterocycles. The molecule has 0 unspecified atom stereocenters. The molecule has 188 valence electrons. The number of carbonyl (C=O) groups is 1. The number of carbonyl (C=O) groups excluding carboxylic acids is 1. The first-order valence-electron chi connectivity index (χ1n) is 12.4. The number of aryl methyl sites for hydroxylation is 2. The largest absolute Gasteiger partial charge is 0.351 e. The molecular weight excluding hydrogens is 480 g/mol. The van der Waals surface area contributed by atoms with E-state index < -0.39 is 0 Å². The van der Waals surface area contributed by atoms with Crippen molar-refractivity contribution in [2.24, 2.45) is 5.92 Å². The topological polar surface area (TPSA) is 75.1 Å². The highest BCUT2D eigenvalue weighted by atomic mass is 32.1. The van der Waals surface area contributed by atoms with Crippen LogP contribution in [0.2, 0.25) is 0 Å². The van der Waals surface area contributed by atoms with E-state index in [1.807, 2.05) is 69.6 Å². The number of aromatic nitrogens is 3. The van der Waals surface area contributed by atoms with E-state index >= 15 is 0 Å². The standard InChI is InChI=1S/C29H30N6OS/c1-18(2)28(36)32-23-12-11-21(16-19(23)3)35-27(26(33-29(35)37)24-9-5-6-15-31-24)25-13-10-20(4)34(25)22-8-7-14-30-17-22/h5-18,26-27H,1-4H3,(H,32,36)(H,33,37)/t26-,27-/m1/s1. The number of benzene rings is 1. The van der Waals surface area contributed by atoms with Gasteiger partial charge in [-0.05, 0) is 86.2 Å². The Morgan fingerprint density at radius 3 is 2.54 bits per heavy atom. The molecule has 8 heteroatoms. The third-order valence-electron chi connectivity index (χ3n) is 6.68. The lowest BCUT2D eigenvalue weighted by molar-refractivity contribution is -0.118. The fourth-order valence-corrected chi connectivity index (χ4v) is 5.12. The second-order valence-electron chi connectivity index (χ2n) is 9.59. The summed E-state index contributed by atoms with van der Waals surface area (Å²) in [5.74, 6) is -0.103. The number of rotatable bonds is 6. The first-order valence-corrected chi connectivity index (χ1v) is 12.8. The van der Waals surface area contributed by atoms with Gasteiger partial charge in [-0.1, -0.05) is 19.9 Å². The number of nitrogens with zero attached hydrogens (tertiary/aromatic N) is 4. The van der Waals surface area contributed by atoms with Crippen molar-refractivity contribution < 1.29 is 4.79 Å². The van der Waals surface area contributed by atoms with E-state index in [1.165, 1.54) is 0 Å². The molecule has 2 atom stereocenters. The van der Waals surface area contributed by atoms with Crippen LogP contribution >= 0.6 is 12.2 Å². The molecule has 0 bridgehead atoms. The molecule has 3 aromatic heterocycles. The van der Waals surface area contributed by atoms with E-state index in [9.17, 15) is 4.79 Å². The van der Waals surface area contributed by atoms with E-state index in [0.29, 0.717) is 5.11 Å². The molecule has 5 rings (SSSR count). The van der Waals surface area contributed by atoms with E-state index in [1.54, 1.807) is 6.20 Å². The fraction of sp³-hybridized carbons (Fsp3) is 0.241. The minimum atomic E-state index is -0.174. The fourth-order valence-electron chi connectivity index (χ4n) is 4.78. The summed E-state index contributed by atoms with van der Waals surface area (Å²) in [5, 5.41) is 7.18. The average molecular weight is 511 g/mol. The van der Waals surface area contributed by atoms with Crippen LogP contribution in [0.15, 0.2) is 79.3 Å². The lowest BCUT2D eigenvalue weighted by atomic mass is 10.0. The average Bonchev–Trinajstić information content (AvgIpc) is 3.45. The normalized spacial score (nSPS) is 17.2. The maximum absolute atomic E-state index is 12.3. The van der Waals surface area contributed by atoms with Crippen LogP contribution in [0.25, 0.3) is 5.69 Å². The Balaban J connectivity index is 1.62. The maximum Gasteiger partial charge on any atom is 0.226 e. The number of pyridine rings is 2. The first kappa shape index (κ1) is 24.6. The molecule has 0 radical (unpaired) electrons. The molecule has 1 aliphatic rings. The molecule has 37 heavy (non-hydrogen) atoms. The Morgan fingerprint density at radius 1 is 1.03 bits per heavy atom. The molecule has 2 N–H and O–H groups in total. The summed E-state index contributed by atoms with van der Waals surface area (Å²) >= 11 is 5.92. The summed E-state index contributed by atoms with van der Waals surface area (Å²) in [7, 11) is 0. The Bertz CT molecular complexity index is 1430. The number of nitrogens with one attached hydrogen (secondary N) is 2. The van der Waals surface area contributed by atoms with E-state index in [-0.39, 0.29) is 23.9 Å². The predicted octanol–water partition coefficient (Wildman–Crippen LogP) is 5.66. The summed E-state index contributed by atoms with van der Waals surface area (Å²) in [6.07, 6.45) is 5.45. The van der Waals surface area contributed by atoms with Crippen LogP contribution in [-0.4, -0.2) is 25.6 Å². The van der Waals surface area contributed by atoms with Gasteiger partial charge in [0.05, 0.1) is 23.6 Å². The summed E-state index contributed by atoms with van der Waals surface area (Å²) < 4.78 is 2.22. The van der Waals surface area contributed by atoms with Crippen molar-refractivity contribution in [2.75, 3.05) is 10.2 Å². The Hall–Kier alpha value is -4.04. The molecule has 1 fully saturated rings. The zero-order chi connectivity index (χ0) is 26.1. The van der Waals surface area contributed by atoms with Gasteiger partial charge in [0.15, 0.2) is 5.11 Å². The number of amides is 1. The zero-order valence-corrected chi connectivity index (χ0v) is 22.2. The van der Waals surface area contributed by atoms with Crippen LogP contribution in [-0.2, 0) is 4.79 Å². The SMILES string of the molecule is Cc1cc(N2C(=S)N[C@H](c3ccccn3)[C@H]2c2ccc(C)n2-c2cccnc2)ccc1NC(=O)C(C)C. The van der Waals surface area contributed by atoms with Crippen molar-refractivity contribution in [3.63, 3.8) is 0 Å². The number of hydrogen-bond acceptors (Lipinski definition) is 4. The molecule has 0 aliphatic carbocycles. The smallest absolute Gasteiger partial charge is 0.226 e. The molecule has 1 saturated heterocycles. The molecule has 0 spiro atoms. The highest BCUT2D eigenvalue weighted by molar-refractivity contribution is 7.80. The van der Waals surface area contributed by atoms with Gasteiger partial charge < -0.3 is 20.1 Å². The Labute approximate surface area is 222 Å². The Kier molecular flexibility index (Phi) is 6.76. The van der Waals surface area contributed by atoms with Crippen molar-refractivity contribution in [3.05, 3.63) is 102 Å². The minimum absolute atomic E-state index is 0.00734. The van der Waals surface area contributed by atoms with Crippen LogP contribution in [0.1, 0.15) is 48.6 Å². The zero-order valence-electron chi connectivity index (χ0n) is 21.3. The number of thiocarbonyl (C=S) groups is 1. The second-order valence-corrected chi connectivity index (χ2v) is 9.97. The summed E-state index contributed by atoms with van der Waals surface area (Å²) in [4.78, 5) is 23.5. The summed E-state index contributed by atoms with van der Waals surface area (Å²) in [5.41, 5.74) is 6.78. The molecule has 0 saturated carbocycles. The van der Waals surface area contributed by atoms with E-state index in [4.69, 9.17) is 12.2 Å². The van der Waals surface area contributed by atoms with Crippen molar-refractivity contribution in [1.29, 1.82) is 0 Å². The molecule has 1 aliphatic heterocycles. The monoisotopic (exact) mass is 510 g/mol. The highest BCUT2D eigenvalue weighted by Crippen LogP contribution is 2.43. The number of anilines is 2. The minimum Gasteiger partial charge on any atom is -0.351 e. The predicted molar refractivity (Wildman–Crippen MR) is 151 cm³/mol. The molecular formula is C29H30N6OS. The quantitative estimate of drug-likeness (QED) is 0.326. The maximum atomic E-state index is 12.3. The van der Waals surface area contributed by atoms with Gasteiger partial charge in [0, 0.05) is 41.1 Å². The number of hydrogen-bond donors (Lipinski definition) is 2. The molecule has 1 amide bonds. The van der Waals surface area contributed by atoms with Crippen molar-refractivity contribution >= 4 is 34.6 Å². The summed E-state index contributed by atoms with van der Waals surface area (Å²) in [6, 6.07) is 19.9. The van der Waals surface area contributed by atoms with Gasteiger partial charge in [0.25, 0.3) is 0 Å². The van der Waals surface area contributed by atoms with Gasteiger partial charge in [0.1, 0.15) is 6.04 Å². The van der Waals surface area contributed by atoms with Crippen LogP contribution in [0, 0.1) is 19.8 Å². The third-order valence-corrected chi connectivity index (χ3v) is 7.00. The van der Waals surface area contributed by atoms with Gasteiger partial charge in [0.2, 0.25) is 5.91 Å². The van der Waals surface area contributed by atoms with Gasteiger partial charge in [-0.3, -0.25) is 14.8 Å². The van der Waals surface area contributed by atoms with Crippen molar-refractivity contribution in [3.8, 4) is 5.69 Å². The van der Waals surface area contributed by atoms with Gasteiger partial charge in [-0.15, -0.1) is 0 Å². The van der Waals surface area contributed by atoms with Crippen LogP contribution in [0.5, 0.6) is 0 Å².